The molecule has 0 aliphatic heterocycles. The SMILES string of the molecule is C=CCC(C)NC(=O)c1ccc(N)cc1. The standard InChI is InChI=1S/C12H16N2O/c1-3-4-9(2)14-12(15)10-5-7-11(13)8-6-10/h3,5-9H,1,4,13H2,2H3,(H,14,15). The maximum atomic E-state index is 11.7. The summed E-state index contributed by atoms with van der Waals surface area (Å²) in [6.45, 7) is 5.57. The molecule has 0 bridgehead atoms. The molecule has 0 radical (unpaired) electrons. The lowest BCUT2D eigenvalue weighted by atomic mass is 10.1. The third-order valence-corrected chi connectivity index (χ3v) is 2.07. The number of anilines is 1. The summed E-state index contributed by atoms with van der Waals surface area (Å²) >= 11 is 0. The van der Waals surface area contributed by atoms with Crippen molar-refractivity contribution in [1.82, 2.24) is 5.32 Å². The van der Waals surface area contributed by atoms with E-state index >= 15 is 0 Å². The third-order valence-electron chi connectivity index (χ3n) is 2.07. The molecule has 0 saturated heterocycles. The highest BCUT2D eigenvalue weighted by atomic mass is 16.1. The summed E-state index contributed by atoms with van der Waals surface area (Å²) in [6, 6.07) is 6.96. The van der Waals surface area contributed by atoms with Gasteiger partial charge in [-0.25, -0.2) is 0 Å². The second kappa shape index (κ2) is 5.20. The Hall–Kier alpha value is -1.77. The quantitative estimate of drug-likeness (QED) is 0.582. The molecule has 1 aromatic carbocycles. The maximum absolute atomic E-state index is 11.7. The molecule has 3 N–H and O–H groups in total. The molecule has 0 spiro atoms. The predicted octanol–water partition coefficient (Wildman–Crippen LogP) is 1.96. The highest BCUT2D eigenvalue weighted by molar-refractivity contribution is 5.94. The van der Waals surface area contributed by atoms with Gasteiger partial charge in [0, 0.05) is 17.3 Å². The van der Waals surface area contributed by atoms with E-state index in [1.807, 2.05) is 6.92 Å². The summed E-state index contributed by atoms with van der Waals surface area (Å²) < 4.78 is 0. The van der Waals surface area contributed by atoms with Crippen molar-refractivity contribution in [2.45, 2.75) is 19.4 Å². The van der Waals surface area contributed by atoms with Crippen molar-refractivity contribution in [2.75, 3.05) is 5.73 Å². The Morgan fingerprint density at radius 2 is 2.13 bits per heavy atom. The van der Waals surface area contributed by atoms with Gasteiger partial charge >= 0.3 is 0 Å². The fourth-order valence-electron chi connectivity index (χ4n) is 1.25. The Bertz CT molecular complexity index is 343. The zero-order chi connectivity index (χ0) is 11.3. The first-order valence-electron chi connectivity index (χ1n) is 4.90. The van der Waals surface area contributed by atoms with Crippen molar-refractivity contribution >= 4 is 11.6 Å². The van der Waals surface area contributed by atoms with E-state index in [0.717, 1.165) is 6.42 Å². The van der Waals surface area contributed by atoms with Crippen LogP contribution in [0.4, 0.5) is 5.69 Å². The van der Waals surface area contributed by atoms with Gasteiger partial charge in [0.2, 0.25) is 0 Å². The van der Waals surface area contributed by atoms with Gasteiger partial charge in [-0.1, -0.05) is 6.08 Å². The Morgan fingerprint density at radius 3 is 2.67 bits per heavy atom. The van der Waals surface area contributed by atoms with Crippen LogP contribution in [0.25, 0.3) is 0 Å². The number of amides is 1. The molecule has 3 heteroatoms. The maximum Gasteiger partial charge on any atom is 0.251 e. The number of nitrogen functional groups attached to an aromatic ring is 1. The van der Waals surface area contributed by atoms with E-state index in [1.165, 1.54) is 0 Å². The molecule has 1 atom stereocenters. The molecule has 1 rings (SSSR count). The highest BCUT2D eigenvalue weighted by Gasteiger charge is 2.07. The molecule has 80 valence electrons. The average Bonchev–Trinajstić information content (AvgIpc) is 2.18. The van der Waals surface area contributed by atoms with Crippen LogP contribution in [0, 0.1) is 0 Å². The first-order valence-corrected chi connectivity index (χ1v) is 4.90. The van der Waals surface area contributed by atoms with E-state index in [4.69, 9.17) is 5.73 Å². The number of nitrogens with two attached hydrogens (primary N) is 1. The van der Waals surface area contributed by atoms with Gasteiger partial charge in [0.05, 0.1) is 0 Å². The molecular weight excluding hydrogens is 188 g/mol. The monoisotopic (exact) mass is 204 g/mol. The van der Waals surface area contributed by atoms with Gasteiger partial charge in [-0.05, 0) is 37.6 Å². The van der Waals surface area contributed by atoms with Crippen molar-refractivity contribution in [3.63, 3.8) is 0 Å². The normalized spacial score (nSPS) is 11.8. The average molecular weight is 204 g/mol. The van der Waals surface area contributed by atoms with Crippen molar-refractivity contribution in [3.8, 4) is 0 Å². The van der Waals surface area contributed by atoms with Crippen LogP contribution in [0.15, 0.2) is 36.9 Å². The van der Waals surface area contributed by atoms with E-state index in [-0.39, 0.29) is 11.9 Å². The van der Waals surface area contributed by atoms with Crippen LogP contribution in [0.2, 0.25) is 0 Å². The van der Waals surface area contributed by atoms with Crippen LogP contribution >= 0.6 is 0 Å². The molecule has 1 unspecified atom stereocenters. The minimum atomic E-state index is -0.0793. The van der Waals surface area contributed by atoms with Crippen LogP contribution < -0.4 is 11.1 Å². The molecular formula is C12H16N2O. The molecule has 0 aliphatic rings. The van der Waals surface area contributed by atoms with Crippen LogP contribution in [-0.4, -0.2) is 11.9 Å². The Morgan fingerprint density at radius 1 is 1.53 bits per heavy atom. The zero-order valence-electron chi connectivity index (χ0n) is 8.86. The Balaban J connectivity index is 2.61. The molecule has 0 fully saturated rings. The third kappa shape index (κ3) is 3.46. The van der Waals surface area contributed by atoms with Gasteiger partial charge < -0.3 is 11.1 Å². The van der Waals surface area contributed by atoms with E-state index in [1.54, 1.807) is 30.3 Å². The zero-order valence-corrected chi connectivity index (χ0v) is 8.86. The molecule has 0 aliphatic carbocycles. The van der Waals surface area contributed by atoms with E-state index in [9.17, 15) is 4.79 Å². The van der Waals surface area contributed by atoms with Crippen LogP contribution in [-0.2, 0) is 0 Å². The number of benzene rings is 1. The highest BCUT2D eigenvalue weighted by Crippen LogP contribution is 2.05. The van der Waals surface area contributed by atoms with Gasteiger partial charge in [0.15, 0.2) is 0 Å². The van der Waals surface area contributed by atoms with Gasteiger partial charge in [-0.3, -0.25) is 4.79 Å². The van der Waals surface area contributed by atoms with Crippen molar-refractivity contribution in [1.29, 1.82) is 0 Å². The summed E-state index contributed by atoms with van der Waals surface area (Å²) in [4.78, 5) is 11.7. The largest absolute Gasteiger partial charge is 0.399 e. The van der Waals surface area contributed by atoms with Crippen molar-refractivity contribution < 1.29 is 4.79 Å². The minimum absolute atomic E-state index is 0.0793. The van der Waals surface area contributed by atoms with Crippen LogP contribution in [0.5, 0.6) is 0 Å². The van der Waals surface area contributed by atoms with Crippen molar-refractivity contribution in [2.24, 2.45) is 0 Å². The lowest BCUT2D eigenvalue weighted by molar-refractivity contribution is 0.0940. The number of hydrogen-bond donors (Lipinski definition) is 2. The predicted molar refractivity (Wildman–Crippen MR) is 62.6 cm³/mol. The topological polar surface area (TPSA) is 55.1 Å². The summed E-state index contributed by atoms with van der Waals surface area (Å²) in [6.07, 6.45) is 2.55. The number of nitrogens with one attached hydrogen (secondary N) is 1. The van der Waals surface area contributed by atoms with Gasteiger partial charge in [-0.15, -0.1) is 6.58 Å². The molecule has 0 aromatic heterocycles. The lowest BCUT2D eigenvalue weighted by Crippen LogP contribution is -2.32. The number of hydrogen-bond acceptors (Lipinski definition) is 2. The van der Waals surface area contributed by atoms with Gasteiger partial charge in [-0.2, -0.15) is 0 Å². The molecule has 15 heavy (non-hydrogen) atoms. The molecule has 3 nitrogen and oxygen atoms in total. The van der Waals surface area contributed by atoms with E-state index < -0.39 is 0 Å². The molecule has 0 heterocycles. The molecule has 0 saturated carbocycles. The summed E-state index contributed by atoms with van der Waals surface area (Å²) in [5.41, 5.74) is 6.81. The fourth-order valence-corrected chi connectivity index (χ4v) is 1.25. The summed E-state index contributed by atoms with van der Waals surface area (Å²) in [5.74, 6) is -0.0793. The summed E-state index contributed by atoms with van der Waals surface area (Å²) in [5, 5.41) is 2.87. The van der Waals surface area contributed by atoms with Crippen molar-refractivity contribution in [3.05, 3.63) is 42.5 Å². The first kappa shape index (κ1) is 11.3. The second-order valence-electron chi connectivity index (χ2n) is 3.52. The molecule has 1 amide bonds. The lowest BCUT2D eigenvalue weighted by Gasteiger charge is -2.11. The van der Waals surface area contributed by atoms with E-state index in [0.29, 0.717) is 11.3 Å². The molecule has 1 aromatic rings. The Labute approximate surface area is 90.0 Å². The summed E-state index contributed by atoms with van der Waals surface area (Å²) in [7, 11) is 0. The fraction of sp³-hybridized carbons (Fsp3) is 0.250. The minimum Gasteiger partial charge on any atom is -0.399 e. The van der Waals surface area contributed by atoms with Gasteiger partial charge in [0.25, 0.3) is 5.91 Å². The number of carbonyl (C=O) groups is 1. The second-order valence-corrected chi connectivity index (χ2v) is 3.52. The Kier molecular flexibility index (Phi) is 3.92. The van der Waals surface area contributed by atoms with Gasteiger partial charge in [0.1, 0.15) is 0 Å². The number of carbonyl (C=O) groups excluding carboxylic acids is 1. The van der Waals surface area contributed by atoms with E-state index in [2.05, 4.69) is 11.9 Å². The smallest absolute Gasteiger partial charge is 0.251 e. The first-order chi connectivity index (χ1) is 7.13. The van der Waals surface area contributed by atoms with Crippen LogP contribution in [0.1, 0.15) is 23.7 Å². The number of rotatable bonds is 4. The van der Waals surface area contributed by atoms with Crippen LogP contribution in [0.3, 0.4) is 0 Å².